The van der Waals surface area contributed by atoms with E-state index in [0.29, 0.717) is 4.47 Å². The Labute approximate surface area is 320 Å². The molecule has 6 N–H and O–H groups in total. The number of ether oxygens (including phenoxy) is 4. The van der Waals surface area contributed by atoms with Crippen molar-refractivity contribution in [3.63, 3.8) is 0 Å². The lowest BCUT2D eigenvalue weighted by atomic mass is 9.39. The molecular weight excluding hydrogens is 794 g/mol. The van der Waals surface area contributed by atoms with Crippen LogP contribution in [0.15, 0.2) is 33.6 Å². The second kappa shape index (κ2) is 11.1. The van der Waals surface area contributed by atoms with E-state index < -0.39 is 152 Å². The van der Waals surface area contributed by atoms with Crippen LogP contribution in [-0.4, -0.2) is 118 Å². The van der Waals surface area contributed by atoms with Crippen molar-refractivity contribution in [2.75, 3.05) is 0 Å². The number of hydrogen-bond acceptors (Lipinski definition) is 14. The Morgan fingerprint density at radius 3 is 2.31 bits per heavy atom. The lowest BCUT2D eigenvalue weighted by Crippen LogP contribution is -2.77. The number of carbonyl (C=O) groups is 3. The fourth-order valence-electron chi connectivity index (χ4n) is 13.7. The average molecular weight is 841 g/mol. The van der Waals surface area contributed by atoms with Crippen molar-refractivity contribution >= 4 is 43.7 Å². The monoisotopic (exact) mass is 839 g/mol. The summed E-state index contributed by atoms with van der Waals surface area (Å²) in [6.07, 6.45) is -9.77. The van der Waals surface area contributed by atoms with Gasteiger partial charge in [0.2, 0.25) is 15.8 Å². The van der Waals surface area contributed by atoms with Crippen LogP contribution in [0.5, 0.6) is 0 Å². The van der Waals surface area contributed by atoms with Gasteiger partial charge in [-0.25, -0.2) is 17.9 Å². The van der Waals surface area contributed by atoms with Gasteiger partial charge in [-0.3, -0.25) is 9.59 Å². The van der Waals surface area contributed by atoms with E-state index in [2.05, 4.69) is 20.7 Å². The van der Waals surface area contributed by atoms with Crippen molar-refractivity contribution in [3.05, 3.63) is 28.7 Å². The van der Waals surface area contributed by atoms with Crippen LogP contribution < -0.4 is 4.72 Å². The molecule has 1 unspecified atom stereocenters. The van der Waals surface area contributed by atoms with Gasteiger partial charge in [0.05, 0.1) is 46.2 Å². The minimum absolute atomic E-state index is 0.105. The van der Waals surface area contributed by atoms with Gasteiger partial charge in [-0.05, 0) is 69.1 Å². The molecule has 0 amide bonds. The molecule has 1 spiro atoms. The molecule has 21 atom stereocenters. The number of carbonyl (C=O) groups excluding carboxylic acids is 3. The summed E-state index contributed by atoms with van der Waals surface area (Å²) >= 11 is 3.32. The van der Waals surface area contributed by atoms with Crippen LogP contribution in [0.4, 0.5) is 0 Å². The quantitative estimate of drug-likeness (QED) is 0.169. The van der Waals surface area contributed by atoms with Gasteiger partial charge in [0.25, 0.3) is 0 Å². The van der Waals surface area contributed by atoms with Gasteiger partial charge in [-0.15, -0.1) is 0 Å². The topological polar surface area (TPSA) is 242 Å². The Balaban J connectivity index is 1.28. The van der Waals surface area contributed by atoms with Crippen LogP contribution in [0.2, 0.25) is 0 Å². The zero-order valence-corrected chi connectivity index (χ0v) is 32.9. The first-order valence-electron chi connectivity index (χ1n) is 18.5. The summed E-state index contributed by atoms with van der Waals surface area (Å²) in [7, 11) is -4.37. The Morgan fingerprint density at radius 1 is 1.00 bits per heavy atom. The highest BCUT2D eigenvalue weighted by molar-refractivity contribution is 9.10. The first-order chi connectivity index (χ1) is 25.1. The third kappa shape index (κ3) is 4.09. The summed E-state index contributed by atoms with van der Waals surface area (Å²) in [5.74, 6) is -11.6. The number of esters is 2. The molecule has 5 aliphatic carbocycles. The predicted octanol–water partition coefficient (Wildman–Crippen LogP) is 0.0210. The molecule has 15 nitrogen and oxygen atoms in total. The molecule has 54 heavy (non-hydrogen) atoms. The largest absolute Gasteiger partial charge is 0.459 e. The lowest BCUT2D eigenvalue weighted by Gasteiger charge is -2.67. The number of sulfonamides is 1. The van der Waals surface area contributed by atoms with Crippen molar-refractivity contribution < 1.29 is 67.3 Å². The van der Waals surface area contributed by atoms with Gasteiger partial charge in [-0.1, -0.05) is 35.8 Å². The van der Waals surface area contributed by atoms with Crippen molar-refractivity contribution in [2.24, 2.45) is 57.7 Å². The van der Waals surface area contributed by atoms with Gasteiger partial charge < -0.3 is 44.5 Å². The maximum atomic E-state index is 14.6. The Hall–Kier alpha value is -2.06. The van der Waals surface area contributed by atoms with Crippen molar-refractivity contribution in [1.82, 2.24) is 4.72 Å². The van der Waals surface area contributed by atoms with Crippen molar-refractivity contribution in [1.29, 1.82) is 0 Å². The minimum Gasteiger partial charge on any atom is -0.459 e. The summed E-state index contributed by atoms with van der Waals surface area (Å²) in [4.78, 5) is 40.9. The number of aliphatic hydroxyl groups is 5. The van der Waals surface area contributed by atoms with Gasteiger partial charge in [0, 0.05) is 34.6 Å². The van der Waals surface area contributed by atoms with E-state index in [0.717, 1.165) is 6.92 Å². The number of halogens is 1. The van der Waals surface area contributed by atoms with Gasteiger partial charge in [0.1, 0.15) is 30.2 Å². The second-order valence-electron chi connectivity index (χ2n) is 17.8. The van der Waals surface area contributed by atoms with E-state index in [1.165, 1.54) is 26.0 Å². The number of Topliss-reactive ketones (excluding diaryl/α,β-unsaturated/α-hetero) is 1. The first kappa shape index (κ1) is 37.5. The predicted molar refractivity (Wildman–Crippen MR) is 185 cm³/mol. The van der Waals surface area contributed by atoms with E-state index >= 15 is 0 Å². The molecule has 3 saturated heterocycles. The SMILES string of the molecule is CC(=O)O[C@H]1[C@H]2[C@@H]([C@@H](O)[C@@H](NS(=O)(=O)c3cccc(Br)c3)C3C[C@@H]4O[C@@H]4[C@H](O)[C@@]32C)[C@@H]2[C@@H](O)[C@@H]3[C@H]([C@H](C)[C@H]4O[C@]45OC(=O)[C@@](C)(O)[C@]35C)[C@@]2(C(C)=O)[C@H]1O. The first-order valence-corrected chi connectivity index (χ1v) is 20.8. The zero-order valence-electron chi connectivity index (χ0n) is 30.5. The molecule has 1 aromatic carbocycles. The number of hydrogen-bond donors (Lipinski definition) is 6. The smallest absolute Gasteiger partial charge is 0.341 e. The van der Waals surface area contributed by atoms with E-state index in [1.807, 2.05) is 0 Å². The maximum Gasteiger partial charge on any atom is 0.341 e. The molecule has 296 valence electrons. The zero-order chi connectivity index (χ0) is 39.2. The van der Waals surface area contributed by atoms with Gasteiger partial charge >= 0.3 is 11.9 Å². The van der Waals surface area contributed by atoms with Crippen molar-refractivity contribution in [3.8, 4) is 0 Å². The number of aliphatic hydroxyl groups excluding tert-OH is 4. The number of fused-ring (bicyclic) bond motifs is 9. The molecule has 0 bridgehead atoms. The third-order valence-electron chi connectivity index (χ3n) is 16.0. The summed E-state index contributed by atoms with van der Waals surface area (Å²) in [6.45, 7) is 8.66. The van der Waals surface area contributed by atoms with Crippen LogP contribution in [0.25, 0.3) is 0 Å². The van der Waals surface area contributed by atoms with E-state index in [4.69, 9.17) is 18.9 Å². The van der Waals surface area contributed by atoms with Gasteiger partial charge in [0.15, 0.2) is 5.60 Å². The number of rotatable bonds is 5. The second-order valence-corrected chi connectivity index (χ2v) is 20.4. The third-order valence-corrected chi connectivity index (χ3v) is 17.9. The van der Waals surface area contributed by atoms with Crippen LogP contribution in [0.1, 0.15) is 48.0 Å². The molecule has 3 aliphatic heterocycles. The molecule has 3 heterocycles. The fourth-order valence-corrected chi connectivity index (χ4v) is 15.6. The summed E-state index contributed by atoms with van der Waals surface area (Å²) < 4.78 is 55.3. The Bertz CT molecular complexity index is 1980. The molecule has 8 aliphatic rings. The van der Waals surface area contributed by atoms with E-state index in [1.54, 1.807) is 32.9 Å². The average Bonchev–Trinajstić information content (AvgIpc) is 3.99. The number of epoxide rings is 2. The maximum absolute atomic E-state index is 14.6. The highest BCUT2D eigenvalue weighted by atomic mass is 79.9. The molecule has 1 aromatic rings. The molecule has 0 radical (unpaired) electrons. The van der Waals surface area contributed by atoms with Crippen LogP contribution >= 0.6 is 15.9 Å². The molecular formula is C37H46BrNO14S. The van der Waals surface area contributed by atoms with Crippen LogP contribution in [0.3, 0.4) is 0 Å². The number of benzene rings is 1. The van der Waals surface area contributed by atoms with Gasteiger partial charge in [-0.2, -0.15) is 0 Å². The molecule has 5 saturated carbocycles. The number of nitrogens with one attached hydrogen (secondary N) is 1. The summed E-state index contributed by atoms with van der Waals surface area (Å²) in [5.41, 5.74) is -7.36. The Morgan fingerprint density at radius 2 is 1.69 bits per heavy atom. The van der Waals surface area contributed by atoms with Crippen LogP contribution in [-0.2, 0) is 43.4 Å². The molecule has 9 rings (SSSR count). The lowest BCUT2D eigenvalue weighted by molar-refractivity contribution is -0.278. The Kier molecular flexibility index (Phi) is 7.72. The summed E-state index contributed by atoms with van der Waals surface area (Å²) in [6, 6.07) is 4.66. The van der Waals surface area contributed by atoms with E-state index in [9.17, 15) is 48.3 Å². The molecule has 0 aromatic heterocycles. The van der Waals surface area contributed by atoms with Crippen molar-refractivity contribution in [2.45, 2.75) is 119 Å². The molecule has 8 fully saturated rings. The van der Waals surface area contributed by atoms with E-state index in [-0.39, 0.29) is 11.3 Å². The normalized spacial score (nSPS) is 56.1. The standard InChI is InChI=1S/C37H46BrNO14S/c1-12-20-23(34(5)35(6,47)32(46)53-37(34)31(12)52-37)26(43)21-19-22(28(50-14(3)41)30(45)36(20,21)13(2)40)33(4)17(11-18-27(51-18)29(33)44)24(25(19)42)39-54(48,49)16-9-7-8-15(38)10-16/h7-10,12,17-31,39,42-45,47H,11H2,1-6H3/t12-,17?,18-,19-,20-,21+,22+,23-,24-,25+,26+,27-,28-,29-,30-,31+,33-,34-,35+,36+,37-/m0/s1. The molecule has 17 heteroatoms. The summed E-state index contributed by atoms with van der Waals surface area (Å²) in [5, 5.41) is 62.8. The van der Waals surface area contributed by atoms with Crippen LogP contribution in [0, 0.1) is 57.7 Å². The fraction of sp³-hybridized carbons (Fsp3) is 0.757. The highest BCUT2D eigenvalue weighted by Crippen LogP contribution is 2.80. The highest BCUT2D eigenvalue weighted by Gasteiger charge is 2.93. The minimum atomic E-state index is -4.37. The number of ketones is 1.